The van der Waals surface area contributed by atoms with E-state index in [1.54, 1.807) is 7.11 Å². The van der Waals surface area contributed by atoms with Gasteiger partial charge < -0.3 is 9.47 Å². The Morgan fingerprint density at radius 3 is 2.55 bits per heavy atom. The van der Waals surface area contributed by atoms with Crippen molar-refractivity contribution in [2.75, 3.05) is 19.5 Å². The standard InChI is InChI=1S/C14H20O5S/c1-4-6-12-10-13(18-3)11(2)9-14(12)19-7-5-8-20(15,16)17/h4,6,9-10H,5,7-8H2,1-3H3,(H,15,16,17)/b6-4+. The molecule has 1 rings (SSSR count). The van der Waals surface area contributed by atoms with Gasteiger partial charge in [0.1, 0.15) is 11.5 Å². The molecule has 0 aliphatic heterocycles. The number of methoxy groups -OCH3 is 1. The Morgan fingerprint density at radius 2 is 2.00 bits per heavy atom. The van der Waals surface area contributed by atoms with E-state index < -0.39 is 10.1 Å². The Bertz CT molecular complexity index is 575. The quantitative estimate of drug-likeness (QED) is 0.619. The molecule has 0 aliphatic rings. The second-order valence-electron chi connectivity index (χ2n) is 4.35. The molecule has 0 unspecified atom stereocenters. The normalized spacial score (nSPS) is 11.8. The minimum atomic E-state index is -3.93. The van der Waals surface area contributed by atoms with Crippen molar-refractivity contribution in [2.45, 2.75) is 20.3 Å². The van der Waals surface area contributed by atoms with E-state index in [-0.39, 0.29) is 18.8 Å². The summed E-state index contributed by atoms with van der Waals surface area (Å²) in [6.07, 6.45) is 4.01. The van der Waals surface area contributed by atoms with Crippen LogP contribution in [0, 0.1) is 6.92 Å². The summed E-state index contributed by atoms with van der Waals surface area (Å²) in [5.74, 6) is 1.13. The van der Waals surface area contributed by atoms with Gasteiger partial charge in [0.2, 0.25) is 0 Å². The number of ether oxygens (including phenoxy) is 2. The molecule has 0 radical (unpaired) electrons. The van der Waals surface area contributed by atoms with Gasteiger partial charge in [-0.05, 0) is 38.0 Å². The first-order valence-electron chi connectivity index (χ1n) is 6.26. The second kappa shape index (κ2) is 7.31. The molecule has 0 spiro atoms. The van der Waals surface area contributed by atoms with Gasteiger partial charge in [0.05, 0.1) is 19.5 Å². The predicted octanol–water partition coefficient (Wildman–Crippen LogP) is 2.69. The zero-order valence-electron chi connectivity index (χ0n) is 11.9. The van der Waals surface area contributed by atoms with Crippen molar-refractivity contribution in [2.24, 2.45) is 0 Å². The molecule has 0 heterocycles. The third kappa shape index (κ3) is 5.22. The molecule has 6 heteroatoms. The second-order valence-corrected chi connectivity index (χ2v) is 5.92. The zero-order valence-corrected chi connectivity index (χ0v) is 12.7. The third-order valence-corrected chi connectivity index (χ3v) is 3.48. The molecule has 1 aromatic rings. The molecule has 1 aromatic carbocycles. The number of aryl methyl sites for hydroxylation is 1. The molecule has 0 aliphatic carbocycles. The van der Waals surface area contributed by atoms with Gasteiger partial charge in [-0.1, -0.05) is 12.2 Å². The lowest BCUT2D eigenvalue weighted by Gasteiger charge is -2.13. The van der Waals surface area contributed by atoms with Crippen LogP contribution in [-0.4, -0.2) is 32.4 Å². The van der Waals surface area contributed by atoms with Crippen LogP contribution in [0.3, 0.4) is 0 Å². The molecule has 0 atom stereocenters. The number of hydrogen-bond donors (Lipinski definition) is 1. The van der Waals surface area contributed by atoms with E-state index in [0.29, 0.717) is 5.75 Å². The SMILES string of the molecule is C/C=C/c1cc(OC)c(C)cc1OCCCS(=O)(=O)O. The predicted molar refractivity (Wildman–Crippen MR) is 79.0 cm³/mol. The van der Waals surface area contributed by atoms with E-state index in [0.717, 1.165) is 16.9 Å². The first kappa shape index (κ1) is 16.5. The summed E-state index contributed by atoms with van der Waals surface area (Å²) < 4.78 is 40.7. The minimum Gasteiger partial charge on any atom is -0.496 e. The maximum atomic E-state index is 10.6. The summed E-state index contributed by atoms with van der Waals surface area (Å²) in [5.41, 5.74) is 1.80. The molecular formula is C14H20O5S. The Morgan fingerprint density at radius 1 is 1.30 bits per heavy atom. The fourth-order valence-electron chi connectivity index (χ4n) is 1.76. The molecule has 0 amide bonds. The Labute approximate surface area is 120 Å². The van der Waals surface area contributed by atoms with Crippen LogP contribution >= 0.6 is 0 Å². The fraction of sp³-hybridized carbons (Fsp3) is 0.429. The van der Waals surface area contributed by atoms with E-state index in [1.807, 2.05) is 38.1 Å². The van der Waals surface area contributed by atoms with Gasteiger partial charge in [-0.3, -0.25) is 4.55 Å². The van der Waals surface area contributed by atoms with E-state index in [2.05, 4.69) is 0 Å². The van der Waals surface area contributed by atoms with Gasteiger partial charge in [-0.25, -0.2) is 0 Å². The highest BCUT2D eigenvalue weighted by atomic mass is 32.2. The average Bonchev–Trinajstić information content (AvgIpc) is 2.36. The van der Waals surface area contributed by atoms with E-state index in [1.165, 1.54) is 0 Å². The molecule has 1 N–H and O–H groups in total. The van der Waals surface area contributed by atoms with Gasteiger partial charge in [-0.2, -0.15) is 8.42 Å². The lowest BCUT2D eigenvalue weighted by Crippen LogP contribution is -2.09. The number of benzene rings is 1. The van der Waals surface area contributed by atoms with Crippen LogP contribution in [0.2, 0.25) is 0 Å². The van der Waals surface area contributed by atoms with Crippen LogP contribution in [0.25, 0.3) is 6.08 Å². The topological polar surface area (TPSA) is 72.8 Å². The van der Waals surface area contributed by atoms with Crippen molar-refractivity contribution in [3.05, 3.63) is 29.3 Å². The van der Waals surface area contributed by atoms with Crippen molar-refractivity contribution in [1.29, 1.82) is 0 Å². The van der Waals surface area contributed by atoms with Crippen LogP contribution in [0.4, 0.5) is 0 Å². The molecule has 20 heavy (non-hydrogen) atoms. The zero-order chi connectivity index (χ0) is 15.2. The number of allylic oxidation sites excluding steroid dienone is 1. The highest BCUT2D eigenvalue weighted by Gasteiger charge is 2.08. The van der Waals surface area contributed by atoms with Gasteiger partial charge in [0.25, 0.3) is 10.1 Å². The fourth-order valence-corrected chi connectivity index (χ4v) is 2.24. The first-order chi connectivity index (χ1) is 9.37. The maximum Gasteiger partial charge on any atom is 0.264 e. The van der Waals surface area contributed by atoms with Gasteiger partial charge >= 0.3 is 0 Å². The summed E-state index contributed by atoms with van der Waals surface area (Å²) >= 11 is 0. The van der Waals surface area contributed by atoms with Crippen LogP contribution in [0.1, 0.15) is 24.5 Å². The molecule has 5 nitrogen and oxygen atoms in total. The Hall–Kier alpha value is -1.53. The van der Waals surface area contributed by atoms with E-state index in [9.17, 15) is 8.42 Å². The van der Waals surface area contributed by atoms with Crippen LogP contribution in [-0.2, 0) is 10.1 Å². The highest BCUT2D eigenvalue weighted by Crippen LogP contribution is 2.29. The monoisotopic (exact) mass is 300 g/mol. The van der Waals surface area contributed by atoms with E-state index >= 15 is 0 Å². The largest absolute Gasteiger partial charge is 0.496 e. The molecule has 0 saturated heterocycles. The van der Waals surface area contributed by atoms with Gasteiger partial charge in [0, 0.05) is 5.56 Å². The summed E-state index contributed by atoms with van der Waals surface area (Å²) in [4.78, 5) is 0. The van der Waals surface area contributed by atoms with Gasteiger partial charge in [-0.15, -0.1) is 0 Å². The Kier molecular flexibility index (Phi) is 6.04. The third-order valence-electron chi connectivity index (χ3n) is 2.68. The average molecular weight is 300 g/mol. The molecular weight excluding hydrogens is 280 g/mol. The van der Waals surface area contributed by atoms with Crippen molar-refractivity contribution >= 4 is 16.2 Å². The van der Waals surface area contributed by atoms with Crippen LogP contribution in [0.15, 0.2) is 18.2 Å². The maximum absolute atomic E-state index is 10.6. The number of hydrogen-bond acceptors (Lipinski definition) is 4. The lowest BCUT2D eigenvalue weighted by molar-refractivity contribution is 0.314. The smallest absolute Gasteiger partial charge is 0.264 e. The van der Waals surface area contributed by atoms with Crippen molar-refractivity contribution in [3.63, 3.8) is 0 Å². The van der Waals surface area contributed by atoms with Crippen molar-refractivity contribution < 1.29 is 22.4 Å². The van der Waals surface area contributed by atoms with Crippen LogP contribution in [0.5, 0.6) is 11.5 Å². The first-order valence-corrected chi connectivity index (χ1v) is 7.87. The van der Waals surface area contributed by atoms with Crippen molar-refractivity contribution in [1.82, 2.24) is 0 Å². The minimum absolute atomic E-state index is 0.218. The highest BCUT2D eigenvalue weighted by molar-refractivity contribution is 7.85. The molecule has 0 saturated carbocycles. The summed E-state index contributed by atoms with van der Waals surface area (Å²) in [5, 5.41) is 0. The summed E-state index contributed by atoms with van der Waals surface area (Å²) in [6, 6.07) is 3.72. The van der Waals surface area contributed by atoms with Crippen molar-refractivity contribution in [3.8, 4) is 11.5 Å². The molecule has 0 bridgehead atoms. The van der Waals surface area contributed by atoms with Crippen LogP contribution < -0.4 is 9.47 Å². The molecule has 112 valence electrons. The molecule has 0 aromatic heterocycles. The molecule has 0 fully saturated rings. The van der Waals surface area contributed by atoms with E-state index in [4.69, 9.17) is 14.0 Å². The summed E-state index contributed by atoms with van der Waals surface area (Å²) in [7, 11) is -2.33. The number of rotatable bonds is 7. The lowest BCUT2D eigenvalue weighted by atomic mass is 10.1. The Balaban J connectivity index is 2.80. The van der Waals surface area contributed by atoms with Gasteiger partial charge in [0.15, 0.2) is 0 Å². The summed E-state index contributed by atoms with van der Waals surface area (Å²) in [6.45, 7) is 4.02.